The van der Waals surface area contributed by atoms with Crippen LogP contribution in [0.3, 0.4) is 0 Å². The Hall–Kier alpha value is -1.26. The van der Waals surface area contributed by atoms with Crippen LogP contribution in [0.5, 0.6) is 0 Å². The molecule has 92 valence electrons. The fourth-order valence-electron chi connectivity index (χ4n) is 1.98. The number of aromatic carboxylic acids is 1. The van der Waals surface area contributed by atoms with Crippen LogP contribution in [0.25, 0.3) is 0 Å². The van der Waals surface area contributed by atoms with Gasteiger partial charge in [0.05, 0.1) is 16.3 Å². The summed E-state index contributed by atoms with van der Waals surface area (Å²) in [5.41, 5.74) is 1.15. The maximum Gasteiger partial charge on any atom is 0.335 e. The molecule has 17 heavy (non-hydrogen) atoms. The molecule has 0 aromatic heterocycles. The lowest BCUT2D eigenvalue weighted by atomic mass is 10.2. The summed E-state index contributed by atoms with van der Waals surface area (Å²) in [5.74, 6) is -0.948. The highest BCUT2D eigenvalue weighted by molar-refractivity contribution is 6.33. The first kappa shape index (κ1) is 12.2. The number of halogens is 1. The van der Waals surface area contributed by atoms with Crippen LogP contribution in [0.4, 0.5) is 5.69 Å². The van der Waals surface area contributed by atoms with E-state index in [4.69, 9.17) is 16.7 Å². The molecule has 0 amide bonds. The minimum absolute atomic E-state index is 0.228. The maximum atomic E-state index is 10.8. The quantitative estimate of drug-likeness (QED) is 0.846. The third-order valence-corrected chi connectivity index (χ3v) is 3.18. The maximum absolute atomic E-state index is 10.8. The van der Waals surface area contributed by atoms with Crippen LogP contribution < -0.4 is 10.2 Å². The number of hydrogen-bond acceptors (Lipinski definition) is 3. The molecule has 2 N–H and O–H groups in total. The van der Waals surface area contributed by atoms with Crippen molar-refractivity contribution in [2.45, 2.75) is 6.42 Å². The molecule has 1 aliphatic rings. The Labute approximate surface area is 105 Å². The van der Waals surface area contributed by atoms with Gasteiger partial charge in [-0.1, -0.05) is 11.6 Å². The number of carboxylic acid groups (broad SMARTS) is 1. The van der Waals surface area contributed by atoms with E-state index in [1.165, 1.54) is 6.07 Å². The topological polar surface area (TPSA) is 52.6 Å². The number of nitrogens with one attached hydrogen (secondary N) is 1. The number of hydrogen-bond donors (Lipinski definition) is 2. The Morgan fingerprint density at radius 1 is 1.35 bits per heavy atom. The molecule has 1 saturated heterocycles. The predicted octanol–water partition coefficient (Wildman–Crippen LogP) is 1.84. The highest BCUT2D eigenvalue weighted by atomic mass is 35.5. The highest BCUT2D eigenvalue weighted by Gasteiger charge is 2.14. The predicted molar refractivity (Wildman–Crippen MR) is 68.1 cm³/mol. The molecule has 0 bridgehead atoms. The monoisotopic (exact) mass is 254 g/mol. The van der Waals surface area contributed by atoms with Crippen LogP contribution in [0.2, 0.25) is 5.02 Å². The second-order valence-corrected chi connectivity index (χ2v) is 4.47. The van der Waals surface area contributed by atoms with E-state index in [1.54, 1.807) is 12.1 Å². The van der Waals surface area contributed by atoms with Crippen molar-refractivity contribution in [3.63, 3.8) is 0 Å². The molecule has 4 nitrogen and oxygen atoms in total. The molecule has 1 heterocycles. The van der Waals surface area contributed by atoms with Gasteiger partial charge in [-0.3, -0.25) is 0 Å². The molecule has 0 unspecified atom stereocenters. The fraction of sp³-hybridized carbons (Fsp3) is 0.417. The van der Waals surface area contributed by atoms with Gasteiger partial charge >= 0.3 is 5.97 Å². The molecule has 1 fully saturated rings. The van der Waals surface area contributed by atoms with E-state index in [1.807, 2.05) is 0 Å². The average molecular weight is 255 g/mol. The van der Waals surface area contributed by atoms with Gasteiger partial charge in [-0.15, -0.1) is 0 Å². The zero-order valence-electron chi connectivity index (χ0n) is 9.45. The van der Waals surface area contributed by atoms with Crippen molar-refractivity contribution < 1.29 is 9.90 Å². The van der Waals surface area contributed by atoms with Crippen LogP contribution in [-0.4, -0.2) is 37.3 Å². The van der Waals surface area contributed by atoms with Crippen LogP contribution >= 0.6 is 11.6 Å². The van der Waals surface area contributed by atoms with Gasteiger partial charge in [0.1, 0.15) is 0 Å². The van der Waals surface area contributed by atoms with E-state index >= 15 is 0 Å². The highest BCUT2D eigenvalue weighted by Crippen LogP contribution is 2.27. The van der Waals surface area contributed by atoms with Crippen molar-refractivity contribution in [2.24, 2.45) is 0 Å². The number of anilines is 1. The lowest BCUT2D eigenvalue weighted by molar-refractivity contribution is 0.0697. The molecule has 1 aliphatic heterocycles. The van der Waals surface area contributed by atoms with Gasteiger partial charge in [0.15, 0.2) is 0 Å². The Morgan fingerprint density at radius 3 is 2.88 bits per heavy atom. The van der Waals surface area contributed by atoms with Gasteiger partial charge < -0.3 is 15.3 Å². The molecule has 0 atom stereocenters. The summed E-state index contributed by atoms with van der Waals surface area (Å²) in [7, 11) is 0. The Morgan fingerprint density at radius 2 is 2.18 bits per heavy atom. The second kappa shape index (κ2) is 5.38. The van der Waals surface area contributed by atoms with E-state index in [9.17, 15) is 4.79 Å². The molecule has 1 aromatic rings. The number of carbonyl (C=O) groups is 1. The average Bonchev–Trinajstić information content (AvgIpc) is 2.57. The van der Waals surface area contributed by atoms with Gasteiger partial charge in [-0.2, -0.15) is 0 Å². The lowest BCUT2D eigenvalue weighted by Crippen LogP contribution is -2.28. The molecular formula is C12H15ClN2O2. The molecular weight excluding hydrogens is 240 g/mol. The summed E-state index contributed by atoms with van der Waals surface area (Å²) in [4.78, 5) is 13.0. The van der Waals surface area contributed by atoms with E-state index in [0.717, 1.165) is 38.3 Å². The molecule has 5 heteroatoms. The van der Waals surface area contributed by atoms with Crippen molar-refractivity contribution in [3.05, 3.63) is 28.8 Å². The fourth-order valence-corrected chi connectivity index (χ4v) is 2.28. The summed E-state index contributed by atoms with van der Waals surface area (Å²) in [5, 5.41) is 12.7. The van der Waals surface area contributed by atoms with Crippen molar-refractivity contribution in [1.82, 2.24) is 5.32 Å². The Balaban J connectivity index is 2.22. The molecule has 0 radical (unpaired) electrons. The Bertz CT molecular complexity index is 415. The van der Waals surface area contributed by atoms with E-state index < -0.39 is 5.97 Å². The molecule has 1 aromatic carbocycles. The first-order valence-corrected chi connectivity index (χ1v) is 6.05. The van der Waals surface area contributed by atoms with Crippen LogP contribution in [0.15, 0.2) is 18.2 Å². The Kier molecular flexibility index (Phi) is 3.86. The number of rotatable bonds is 2. The molecule has 2 rings (SSSR count). The molecule has 0 aliphatic carbocycles. The minimum Gasteiger partial charge on any atom is -0.478 e. The smallest absolute Gasteiger partial charge is 0.335 e. The SMILES string of the molecule is O=C(O)c1ccc(N2CCCNCC2)c(Cl)c1. The summed E-state index contributed by atoms with van der Waals surface area (Å²) < 4.78 is 0. The molecule has 0 saturated carbocycles. The normalized spacial score (nSPS) is 16.6. The van der Waals surface area contributed by atoms with Crippen LogP contribution in [0, 0.1) is 0 Å². The zero-order valence-corrected chi connectivity index (χ0v) is 10.2. The van der Waals surface area contributed by atoms with E-state index in [2.05, 4.69) is 10.2 Å². The third kappa shape index (κ3) is 2.90. The summed E-state index contributed by atoms with van der Waals surface area (Å²) in [6.45, 7) is 3.78. The number of benzene rings is 1. The second-order valence-electron chi connectivity index (χ2n) is 4.06. The summed E-state index contributed by atoms with van der Waals surface area (Å²) in [6.07, 6.45) is 1.07. The van der Waals surface area contributed by atoms with Gasteiger partial charge in [0.25, 0.3) is 0 Å². The first-order chi connectivity index (χ1) is 8.18. The van der Waals surface area contributed by atoms with Gasteiger partial charge in [0, 0.05) is 19.6 Å². The van der Waals surface area contributed by atoms with Crippen molar-refractivity contribution in [2.75, 3.05) is 31.1 Å². The first-order valence-electron chi connectivity index (χ1n) is 5.67. The summed E-state index contributed by atoms with van der Waals surface area (Å²) >= 11 is 6.13. The van der Waals surface area contributed by atoms with Gasteiger partial charge in [0.2, 0.25) is 0 Å². The lowest BCUT2D eigenvalue weighted by Gasteiger charge is -2.23. The van der Waals surface area contributed by atoms with Crippen LogP contribution in [0.1, 0.15) is 16.8 Å². The summed E-state index contributed by atoms with van der Waals surface area (Å²) in [6, 6.07) is 4.90. The third-order valence-electron chi connectivity index (χ3n) is 2.88. The van der Waals surface area contributed by atoms with Crippen molar-refractivity contribution >= 4 is 23.3 Å². The number of carboxylic acids is 1. The van der Waals surface area contributed by atoms with Crippen LogP contribution in [-0.2, 0) is 0 Å². The minimum atomic E-state index is -0.948. The van der Waals surface area contributed by atoms with Crippen molar-refractivity contribution in [1.29, 1.82) is 0 Å². The zero-order chi connectivity index (χ0) is 12.3. The van der Waals surface area contributed by atoms with Gasteiger partial charge in [-0.25, -0.2) is 4.79 Å². The van der Waals surface area contributed by atoms with E-state index in [-0.39, 0.29) is 5.56 Å². The van der Waals surface area contributed by atoms with E-state index in [0.29, 0.717) is 5.02 Å². The largest absolute Gasteiger partial charge is 0.478 e. The standard InChI is InChI=1S/C12H15ClN2O2/c13-10-8-9(12(16)17)2-3-11(10)15-6-1-4-14-5-7-15/h2-3,8,14H,1,4-7H2,(H,16,17). The molecule has 0 spiro atoms. The van der Waals surface area contributed by atoms with Crippen molar-refractivity contribution in [3.8, 4) is 0 Å². The van der Waals surface area contributed by atoms with Gasteiger partial charge in [-0.05, 0) is 31.2 Å². The number of nitrogens with zero attached hydrogens (tertiary/aromatic N) is 1.